The molecule has 1 aliphatic heterocycles. The lowest BCUT2D eigenvalue weighted by Gasteiger charge is -2.22. The number of pyridine rings is 1. The summed E-state index contributed by atoms with van der Waals surface area (Å²) in [5.41, 5.74) is -0.645. The lowest BCUT2D eigenvalue weighted by Crippen LogP contribution is -2.36. The monoisotopic (exact) mass is 279 g/mol. The van der Waals surface area contributed by atoms with Crippen molar-refractivity contribution in [3.63, 3.8) is 0 Å². The fourth-order valence-electron chi connectivity index (χ4n) is 2.43. The number of Topliss-reactive ketones (excluding diaryl/α,β-unsaturated/α-hetero) is 1. The van der Waals surface area contributed by atoms with E-state index in [0.29, 0.717) is 23.6 Å². The maximum atomic E-state index is 12.0. The second kappa shape index (κ2) is 5.48. The van der Waals surface area contributed by atoms with Gasteiger partial charge in [-0.1, -0.05) is 0 Å². The van der Waals surface area contributed by atoms with Gasteiger partial charge in [-0.15, -0.1) is 0 Å². The lowest BCUT2D eigenvalue weighted by molar-refractivity contribution is -0.150. The number of rotatable bonds is 5. The Hall–Kier alpha value is -2.11. The molecule has 1 aromatic heterocycles. The first-order valence-corrected chi connectivity index (χ1v) is 6.29. The van der Waals surface area contributed by atoms with E-state index in [4.69, 9.17) is 14.2 Å². The molecule has 1 fully saturated rings. The minimum absolute atomic E-state index is 0.154. The van der Waals surface area contributed by atoms with Crippen molar-refractivity contribution in [1.82, 2.24) is 4.98 Å². The van der Waals surface area contributed by atoms with Crippen LogP contribution in [-0.2, 0) is 20.7 Å². The van der Waals surface area contributed by atoms with E-state index in [0.717, 1.165) is 0 Å². The largest absolute Gasteiger partial charge is 0.493 e. The first kappa shape index (κ1) is 14.3. The molecular formula is C14H17NO5. The van der Waals surface area contributed by atoms with Gasteiger partial charge in [0.2, 0.25) is 0 Å². The summed E-state index contributed by atoms with van der Waals surface area (Å²) in [5.74, 6) is 0.251. The molecule has 0 N–H and O–H groups in total. The van der Waals surface area contributed by atoms with Crippen molar-refractivity contribution in [2.45, 2.75) is 19.8 Å². The van der Waals surface area contributed by atoms with Gasteiger partial charge in [0.15, 0.2) is 11.5 Å². The highest BCUT2D eigenvalue weighted by molar-refractivity contribution is 6.04. The van der Waals surface area contributed by atoms with Gasteiger partial charge in [0.05, 0.1) is 26.5 Å². The minimum atomic E-state index is -1.16. The van der Waals surface area contributed by atoms with E-state index in [2.05, 4.69) is 4.98 Å². The highest BCUT2D eigenvalue weighted by atomic mass is 16.5. The molecule has 0 aromatic carbocycles. The SMILES string of the molecule is COc1ccnc(CC2(C(C)=O)CCOC2=O)c1OC. The molecule has 1 unspecified atom stereocenters. The summed E-state index contributed by atoms with van der Waals surface area (Å²) in [7, 11) is 3.02. The molecule has 0 radical (unpaired) electrons. The molecule has 1 saturated heterocycles. The Morgan fingerprint density at radius 3 is 2.70 bits per heavy atom. The van der Waals surface area contributed by atoms with Gasteiger partial charge in [-0.2, -0.15) is 0 Å². The van der Waals surface area contributed by atoms with Gasteiger partial charge in [-0.25, -0.2) is 0 Å². The molecule has 0 bridgehead atoms. The summed E-state index contributed by atoms with van der Waals surface area (Å²) in [6.07, 6.45) is 2.08. The molecule has 6 heteroatoms. The number of ketones is 1. The Morgan fingerprint density at radius 1 is 1.45 bits per heavy atom. The van der Waals surface area contributed by atoms with E-state index in [9.17, 15) is 9.59 Å². The fourth-order valence-corrected chi connectivity index (χ4v) is 2.43. The van der Waals surface area contributed by atoms with Crippen LogP contribution in [0.2, 0.25) is 0 Å². The summed E-state index contributed by atoms with van der Waals surface area (Å²) < 4.78 is 15.5. The number of cyclic esters (lactones) is 1. The van der Waals surface area contributed by atoms with Gasteiger partial charge in [0, 0.05) is 25.1 Å². The number of methoxy groups -OCH3 is 2. The van der Waals surface area contributed by atoms with E-state index in [1.54, 1.807) is 12.3 Å². The molecule has 0 saturated carbocycles. The predicted molar refractivity (Wildman–Crippen MR) is 69.7 cm³/mol. The van der Waals surface area contributed by atoms with Crippen molar-refractivity contribution in [2.24, 2.45) is 5.41 Å². The second-order valence-corrected chi connectivity index (χ2v) is 4.69. The van der Waals surface area contributed by atoms with E-state index >= 15 is 0 Å². The van der Waals surface area contributed by atoms with Crippen LogP contribution in [0.15, 0.2) is 12.3 Å². The maximum Gasteiger partial charge on any atom is 0.320 e. The number of hydrogen-bond donors (Lipinski definition) is 0. The normalized spacial score (nSPS) is 21.4. The van der Waals surface area contributed by atoms with Gasteiger partial charge in [0.25, 0.3) is 0 Å². The Balaban J connectivity index is 2.42. The third kappa shape index (κ3) is 2.21. The van der Waals surface area contributed by atoms with Crippen LogP contribution in [0.5, 0.6) is 11.5 Å². The zero-order chi connectivity index (χ0) is 14.8. The summed E-state index contributed by atoms with van der Waals surface area (Å²) in [6.45, 7) is 1.66. The first-order valence-electron chi connectivity index (χ1n) is 6.29. The molecule has 0 aliphatic carbocycles. The standard InChI is InChI=1S/C14H17NO5/c1-9(16)14(5-7-20-13(14)17)8-10-12(19-3)11(18-2)4-6-15-10/h4,6H,5,7-8H2,1-3H3. The second-order valence-electron chi connectivity index (χ2n) is 4.69. The van der Waals surface area contributed by atoms with Crippen LogP contribution in [0.25, 0.3) is 0 Å². The summed E-state index contributed by atoms with van der Waals surface area (Å²) in [6, 6.07) is 1.66. The van der Waals surface area contributed by atoms with Crippen LogP contribution in [0, 0.1) is 5.41 Å². The van der Waals surface area contributed by atoms with Gasteiger partial charge >= 0.3 is 5.97 Å². The Bertz CT molecular complexity index is 542. The number of hydrogen-bond acceptors (Lipinski definition) is 6. The fraction of sp³-hybridized carbons (Fsp3) is 0.500. The lowest BCUT2D eigenvalue weighted by atomic mass is 9.78. The predicted octanol–water partition coefficient (Wildman–Crippen LogP) is 1.16. The Kier molecular flexibility index (Phi) is 3.92. The summed E-state index contributed by atoms with van der Waals surface area (Å²) >= 11 is 0. The highest BCUT2D eigenvalue weighted by Gasteiger charge is 2.49. The zero-order valence-electron chi connectivity index (χ0n) is 11.8. The summed E-state index contributed by atoms with van der Waals surface area (Å²) in [4.78, 5) is 28.1. The minimum Gasteiger partial charge on any atom is -0.493 e. The Morgan fingerprint density at radius 2 is 2.20 bits per heavy atom. The molecule has 0 spiro atoms. The number of aromatic nitrogens is 1. The number of carbonyl (C=O) groups is 2. The molecular weight excluding hydrogens is 262 g/mol. The molecule has 2 heterocycles. The van der Waals surface area contributed by atoms with Gasteiger partial charge in [-0.3, -0.25) is 14.6 Å². The maximum absolute atomic E-state index is 12.0. The molecule has 6 nitrogen and oxygen atoms in total. The summed E-state index contributed by atoms with van der Waals surface area (Å²) in [5, 5.41) is 0. The van der Waals surface area contributed by atoms with Gasteiger partial charge < -0.3 is 14.2 Å². The average Bonchev–Trinajstić information content (AvgIpc) is 2.81. The van der Waals surface area contributed by atoms with Crippen molar-refractivity contribution >= 4 is 11.8 Å². The number of ether oxygens (including phenoxy) is 3. The van der Waals surface area contributed by atoms with Crippen molar-refractivity contribution in [3.05, 3.63) is 18.0 Å². The zero-order valence-corrected chi connectivity index (χ0v) is 11.8. The van der Waals surface area contributed by atoms with Gasteiger partial charge in [-0.05, 0) is 6.92 Å². The van der Waals surface area contributed by atoms with Crippen molar-refractivity contribution < 1.29 is 23.8 Å². The topological polar surface area (TPSA) is 74.7 Å². The molecule has 2 rings (SSSR count). The quantitative estimate of drug-likeness (QED) is 0.595. The molecule has 1 aliphatic rings. The van der Waals surface area contributed by atoms with Crippen LogP contribution >= 0.6 is 0 Å². The number of carbonyl (C=O) groups excluding carboxylic acids is 2. The molecule has 20 heavy (non-hydrogen) atoms. The smallest absolute Gasteiger partial charge is 0.320 e. The van der Waals surface area contributed by atoms with Crippen molar-refractivity contribution in [3.8, 4) is 11.5 Å². The molecule has 108 valence electrons. The van der Waals surface area contributed by atoms with E-state index in [-0.39, 0.29) is 18.8 Å². The molecule has 1 atom stereocenters. The van der Waals surface area contributed by atoms with Crippen molar-refractivity contribution in [2.75, 3.05) is 20.8 Å². The van der Waals surface area contributed by atoms with Crippen LogP contribution in [-0.4, -0.2) is 37.6 Å². The number of nitrogens with zero attached hydrogens (tertiary/aromatic N) is 1. The third-order valence-electron chi connectivity index (χ3n) is 3.66. The van der Waals surface area contributed by atoms with Crippen LogP contribution < -0.4 is 9.47 Å². The van der Waals surface area contributed by atoms with E-state index in [1.807, 2.05) is 0 Å². The Labute approximate surface area is 117 Å². The molecule has 1 aromatic rings. The van der Waals surface area contributed by atoms with Gasteiger partial charge in [0.1, 0.15) is 11.2 Å². The van der Waals surface area contributed by atoms with Crippen LogP contribution in [0.3, 0.4) is 0 Å². The van der Waals surface area contributed by atoms with E-state index in [1.165, 1.54) is 21.1 Å². The average molecular weight is 279 g/mol. The highest BCUT2D eigenvalue weighted by Crippen LogP contribution is 2.39. The van der Waals surface area contributed by atoms with Crippen LogP contribution in [0.1, 0.15) is 19.0 Å². The van der Waals surface area contributed by atoms with E-state index < -0.39 is 11.4 Å². The molecule has 0 amide bonds. The van der Waals surface area contributed by atoms with Crippen molar-refractivity contribution in [1.29, 1.82) is 0 Å². The first-order chi connectivity index (χ1) is 9.55. The number of esters is 1. The van der Waals surface area contributed by atoms with Crippen LogP contribution in [0.4, 0.5) is 0 Å². The third-order valence-corrected chi connectivity index (χ3v) is 3.66.